The Bertz CT molecular complexity index is 639. The fourth-order valence-corrected chi connectivity index (χ4v) is 3.82. The van der Waals surface area contributed by atoms with Crippen molar-refractivity contribution >= 4 is 28.1 Å². The van der Waals surface area contributed by atoms with Crippen molar-refractivity contribution in [1.29, 1.82) is 0 Å². The number of aliphatic hydroxyl groups is 1. The third kappa shape index (κ3) is 2.93. The van der Waals surface area contributed by atoms with Crippen LogP contribution in [0.25, 0.3) is 0 Å². The molecule has 2 aromatic rings. The molecule has 1 aliphatic carbocycles. The van der Waals surface area contributed by atoms with Gasteiger partial charge >= 0.3 is 0 Å². The lowest BCUT2D eigenvalue weighted by Gasteiger charge is -2.25. The van der Waals surface area contributed by atoms with E-state index >= 15 is 0 Å². The maximum Gasteiger partial charge on any atom is 0.186 e. The first-order valence-corrected chi connectivity index (χ1v) is 8.39. The fourth-order valence-electron chi connectivity index (χ4n) is 2.48. The molecule has 0 radical (unpaired) electrons. The zero-order valence-corrected chi connectivity index (χ0v) is 13.8. The molecule has 1 unspecified atom stereocenters. The molecule has 0 bridgehead atoms. The highest BCUT2D eigenvalue weighted by molar-refractivity contribution is 7.15. The van der Waals surface area contributed by atoms with Gasteiger partial charge in [-0.1, -0.05) is 41.1 Å². The number of rotatable bonds is 5. The quantitative estimate of drug-likeness (QED) is 0.888. The van der Waals surface area contributed by atoms with Gasteiger partial charge in [0.1, 0.15) is 0 Å². The van der Waals surface area contributed by atoms with Gasteiger partial charge in [0.15, 0.2) is 5.13 Å². The smallest absolute Gasteiger partial charge is 0.186 e. The number of aromatic nitrogens is 1. The monoisotopic (exact) mass is 322 g/mol. The van der Waals surface area contributed by atoms with Crippen LogP contribution < -0.4 is 4.90 Å². The van der Waals surface area contributed by atoms with E-state index in [4.69, 9.17) is 16.6 Å². The summed E-state index contributed by atoms with van der Waals surface area (Å²) in [6, 6.07) is 8.05. The van der Waals surface area contributed by atoms with Gasteiger partial charge in [0, 0.05) is 18.0 Å². The molecular weight excluding hydrogens is 304 g/mol. The van der Waals surface area contributed by atoms with E-state index in [1.54, 1.807) is 11.3 Å². The van der Waals surface area contributed by atoms with E-state index in [1.165, 1.54) is 12.8 Å². The van der Waals surface area contributed by atoms with Crippen molar-refractivity contribution in [1.82, 2.24) is 4.98 Å². The van der Waals surface area contributed by atoms with Crippen LogP contribution in [-0.2, 0) is 6.61 Å². The molecule has 1 fully saturated rings. The van der Waals surface area contributed by atoms with E-state index in [0.717, 1.165) is 26.3 Å². The highest BCUT2D eigenvalue weighted by Crippen LogP contribution is 2.45. The average Bonchev–Trinajstić information content (AvgIpc) is 3.25. The molecule has 5 heteroatoms. The predicted octanol–water partition coefficient (Wildman–Crippen LogP) is 4.36. The Balaban J connectivity index is 1.87. The van der Waals surface area contributed by atoms with Crippen molar-refractivity contribution in [3.8, 4) is 0 Å². The molecule has 0 aliphatic heterocycles. The van der Waals surface area contributed by atoms with Crippen LogP contribution in [0.5, 0.6) is 0 Å². The standard InChI is InChI=1S/C16H19ClN2OS/c1-10(12-5-3-4-6-13(12)17)19(2)16-18-15(11-7-8-11)14(9-20)21-16/h3-6,10-11,20H,7-9H2,1-2H3. The van der Waals surface area contributed by atoms with Gasteiger partial charge in [-0.2, -0.15) is 0 Å². The topological polar surface area (TPSA) is 36.4 Å². The van der Waals surface area contributed by atoms with Crippen molar-refractivity contribution < 1.29 is 5.11 Å². The van der Waals surface area contributed by atoms with Crippen molar-refractivity contribution in [3.63, 3.8) is 0 Å². The summed E-state index contributed by atoms with van der Waals surface area (Å²) in [6.07, 6.45) is 2.39. The van der Waals surface area contributed by atoms with E-state index in [-0.39, 0.29) is 12.6 Å². The van der Waals surface area contributed by atoms with Crippen LogP contribution >= 0.6 is 22.9 Å². The highest BCUT2D eigenvalue weighted by Gasteiger charge is 2.30. The van der Waals surface area contributed by atoms with Gasteiger partial charge in [0.05, 0.1) is 23.2 Å². The molecule has 3 rings (SSSR count). The highest BCUT2D eigenvalue weighted by atomic mass is 35.5. The summed E-state index contributed by atoms with van der Waals surface area (Å²) in [6.45, 7) is 2.20. The van der Waals surface area contributed by atoms with Gasteiger partial charge < -0.3 is 10.0 Å². The van der Waals surface area contributed by atoms with Crippen molar-refractivity contribution in [2.45, 2.75) is 38.3 Å². The number of halogens is 1. The number of hydrogen-bond acceptors (Lipinski definition) is 4. The van der Waals surface area contributed by atoms with Crippen LogP contribution in [0.3, 0.4) is 0 Å². The summed E-state index contributed by atoms with van der Waals surface area (Å²) < 4.78 is 0. The Morgan fingerprint density at radius 1 is 1.43 bits per heavy atom. The summed E-state index contributed by atoms with van der Waals surface area (Å²) in [4.78, 5) is 7.90. The Kier molecular flexibility index (Phi) is 4.20. The molecule has 3 nitrogen and oxygen atoms in total. The zero-order chi connectivity index (χ0) is 15.0. The van der Waals surface area contributed by atoms with Crippen LogP contribution in [0.1, 0.15) is 47.9 Å². The van der Waals surface area contributed by atoms with Crippen LogP contribution in [0.2, 0.25) is 5.02 Å². The summed E-state index contributed by atoms with van der Waals surface area (Å²) in [7, 11) is 2.03. The molecule has 1 saturated carbocycles. The molecule has 1 atom stereocenters. The van der Waals surface area contributed by atoms with Gasteiger partial charge in [0.25, 0.3) is 0 Å². The van der Waals surface area contributed by atoms with Crippen molar-refractivity contribution in [2.24, 2.45) is 0 Å². The lowest BCUT2D eigenvalue weighted by atomic mass is 10.1. The van der Waals surface area contributed by atoms with Crippen LogP contribution in [0.4, 0.5) is 5.13 Å². The van der Waals surface area contributed by atoms with Crippen LogP contribution in [-0.4, -0.2) is 17.1 Å². The lowest BCUT2D eigenvalue weighted by molar-refractivity contribution is 0.284. The minimum absolute atomic E-state index is 0.0812. The molecule has 0 saturated heterocycles. The van der Waals surface area contributed by atoms with Gasteiger partial charge in [-0.3, -0.25) is 0 Å². The average molecular weight is 323 g/mol. The van der Waals surface area contributed by atoms with E-state index in [1.807, 2.05) is 31.3 Å². The van der Waals surface area contributed by atoms with Crippen LogP contribution in [0, 0.1) is 0 Å². The first-order chi connectivity index (χ1) is 10.1. The first kappa shape index (κ1) is 14.8. The number of nitrogens with zero attached hydrogens (tertiary/aromatic N) is 2. The summed E-state index contributed by atoms with van der Waals surface area (Å²) >= 11 is 7.88. The van der Waals surface area contributed by atoms with Gasteiger partial charge in [-0.25, -0.2) is 4.98 Å². The summed E-state index contributed by atoms with van der Waals surface area (Å²) in [5, 5.41) is 11.2. The maximum absolute atomic E-state index is 9.52. The van der Waals surface area contributed by atoms with Gasteiger partial charge in [0.2, 0.25) is 0 Å². The van der Waals surface area contributed by atoms with Gasteiger partial charge in [-0.05, 0) is 31.4 Å². The Morgan fingerprint density at radius 2 is 2.14 bits per heavy atom. The number of anilines is 1. The molecule has 0 spiro atoms. The first-order valence-electron chi connectivity index (χ1n) is 7.19. The second-order valence-corrected chi connectivity index (χ2v) is 7.01. The Hall–Kier alpha value is -1.10. The number of benzene rings is 1. The molecule has 112 valence electrons. The molecule has 21 heavy (non-hydrogen) atoms. The minimum atomic E-state index is 0.0812. The second-order valence-electron chi connectivity index (χ2n) is 5.55. The number of hydrogen-bond donors (Lipinski definition) is 1. The molecular formula is C16H19ClN2OS. The third-order valence-corrected chi connectivity index (χ3v) is 5.55. The molecule has 1 aliphatic rings. The van der Waals surface area contributed by atoms with Gasteiger partial charge in [-0.15, -0.1) is 0 Å². The molecule has 0 amide bonds. The number of aliphatic hydroxyl groups excluding tert-OH is 1. The maximum atomic E-state index is 9.52. The lowest BCUT2D eigenvalue weighted by Crippen LogP contribution is -2.21. The van der Waals surface area contributed by atoms with Crippen LogP contribution in [0.15, 0.2) is 24.3 Å². The largest absolute Gasteiger partial charge is 0.391 e. The molecule has 1 aromatic heterocycles. The molecule has 1 heterocycles. The second kappa shape index (κ2) is 5.95. The van der Waals surface area contributed by atoms with E-state index in [0.29, 0.717) is 5.92 Å². The molecule has 1 aromatic carbocycles. The van der Waals surface area contributed by atoms with Crippen molar-refractivity contribution in [2.75, 3.05) is 11.9 Å². The SMILES string of the molecule is CC(c1ccccc1Cl)N(C)c1nc(C2CC2)c(CO)s1. The molecule has 1 N–H and O–H groups in total. The Morgan fingerprint density at radius 3 is 2.76 bits per heavy atom. The fraction of sp³-hybridized carbons (Fsp3) is 0.438. The Labute approximate surface area is 134 Å². The summed E-state index contributed by atoms with van der Waals surface area (Å²) in [5.41, 5.74) is 2.19. The van der Waals surface area contributed by atoms with E-state index < -0.39 is 0 Å². The zero-order valence-electron chi connectivity index (χ0n) is 12.2. The van der Waals surface area contributed by atoms with E-state index in [9.17, 15) is 5.11 Å². The normalized spacial score (nSPS) is 16.0. The predicted molar refractivity (Wildman–Crippen MR) is 88.3 cm³/mol. The van der Waals surface area contributed by atoms with Crippen molar-refractivity contribution in [3.05, 3.63) is 45.4 Å². The number of thiazole rings is 1. The third-order valence-electron chi connectivity index (χ3n) is 4.06. The van der Waals surface area contributed by atoms with E-state index in [2.05, 4.69) is 11.8 Å². The minimum Gasteiger partial charge on any atom is -0.391 e. The summed E-state index contributed by atoms with van der Waals surface area (Å²) in [5.74, 6) is 0.557.